The molecule has 5 heteroatoms. The number of benzene rings is 1. The number of hydrogen-bond donors (Lipinski definition) is 1. The molecule has 0 fully saturated rings. The van der Waals surface area contributed by atoms with Crippen LogP contribution in [0.25, 0.3) is 0 Å². The highest BCUT2D eigenvalue weighted by Gasteiger charge is 2.06. The van der Waals surface area contributed by atoms with Crippen LogP contribution in [0, 0.1) is 6.92 Å². The van der Waals surface area contributed by atoms with E-state index in [0.29, 0.717) is 5.95 Å². The molecule has 0 saturated heterocycles. The molecule has 0 atom stereocenters. The Morgan fingerprint density at radius 2 is 2.00 bits per heavy atom. The van der Waals surface area contributed by atoms with Crippen molar-refractivity contribution in [2.24, 2.45) is 0 Å². The van der Waals surface area contributed by atoms with Crippen LogP contribution in [0.3, 0.4) is 0 Å². The minimum atomic E-state index is 0.670. The summed E-state index contributed by atoms with van der Waals surface area (Å²) in [4.78, 5) is 9.88. The molecule has 0 aliphatic rings. The maximum absolute atomic E-state index is 5.15. The third-order valence-electron chi connectivity index (χ3n) is 2.53. The number of aromatic nitrogens is 2. The molecule has 0 amide bonds. The molecular formula is C14H17N3OS. The van der Waals surface area contributed by atoms with Crippen molar-refractivity contribution >= 4 is 17.7 Å². The first-order valence-electron chi connectivity index (χ1n) is 6.12. The minimum absolute atomic E-state index is 0.670. The molecule has 100 valence electrons. The molecule has 2 aromatic rings. The molecule has 1 N–H and O–H groups in total. The van der Waals surface area contributed by atoms with Gasteiger partial charge in [0.15, 0.2) is 0 Å². The molecule has 0 aliphatic heterocycles. The van der Waals surface area contributed by atoms with Gasteiger partial charge in [-0.2, -0.15) is 0 Å². The van der Waals surface area contributed by atoms with E-state index in [1.54, 1.807) is 18.9 Å². The lowest BCUT2D eigenvalue weighted by molar-refractivity contribution is 0.414. The Labute approximate surface area is 117 Å². The lowest BCUT2D eigenvalue weighted by atomic mass is 10.3. The maximum Gasteiger partial charge on any atom is 0.223 e. The van der Waals surface area contributed by atoms with Gasteiger partial charge in [0.05, 0.1) is 7.11 Å². The van der Waals surface area contributed by atoms with Gasteiger partial charge in [-0.25, -0.2) is 9.97 Å². The number of anilines is 1. The number of nitrogens with one attached hydrogen (secondary N) is 1. The SMILES string of the molecule is CCNc1ncc(C)c(Sc2ccc(OC)cc2)n1. The third-order valence-corrected chi connectivity index (χ3v) is 3.65. The zero-order valence-corrected chi connectivity index (χ0v) is 12.1. The van der Waals surface area contributed by atoms with E-state index in [0.717, 1.165) is 27.8 Å². The highest BCUT2D eigenvalue weighted by molar-refractivity contribution is 7.99. The Balaban J connectivity index is 2.18. The summed E-state index contributed by atoms with van der Waals surface area (Å²) in [5.41, 5.74) is 1.07. The average molecular weight is 275 g/mol. The summed E-state index contributed by atoms with van der Waals surface area (Å²) < 4.78 is 5.15. The van der Waals surface area contributed by atoms with Crippen molar-refractivity contribution in [1.82, 2.24) is 9.97 Å². The summed E-state index contributed by atoms with van der Waals surface area (Å²) in [5.74, 6) is 1.53. The number of nitrogens with zero attached hydrogens (tertiary/aromatic N) is 2. The van der Waals surface area contributed by atoms with Gasteiger partial charge in [0, 0.05) is 23.2 Å². The molecule has 0 saturated carbocycles. The smallest absolute Gasteiger partial charge is 0.223 e. The van der Waals surface area contributed by atoms with Crippen molar-refractivity contribution in [3.8, 4) is 5.75 Å². The quantitative estimate of drug-likeness (QED) is 0.848. The molecule has 2 rings (SSSR count). The number of rotatable bonds is 5. The van der Waals surface area contributed by atoms with Gasteiger partial charge < -0.3 is 10.1 Å². The van der Waals surface area contributed by atoms with Crippen LogP contribution in [0.2, 0.25) is 0 Å². The van der Waals surface area contributed by atoms with Gasteiger partial charge >= 0.3 is 0 Å². The standard InChI is InChI=1S/C14H17N3OS/c1-4-15-14-16-9-10(2)13(17-14)19-12-7-5-11(18-3)6-8-12/h5-9H,4H2,1-3H3,(H,15,16,17). The van der Waals surface area contributed by atoms with E-state index >= 15 is 0 Å². The first-order valence-corrected chi connectivity index (χ1v) is 6.94. The normalized spacial score (nSPS) is 10.3. The number of methoxy groups -OCH3 is 1. The van der Waals surface area contributed by atoms with Crippen molar-refractivity contribution in [2.45, 2.75) is 23.8 Å². The molecule has 0 aliphatic carbocycles. The zero-order valence-electron chi connectivity index (χ0n) is 11.3. The predicted octanol–water partition coefficient (Wildman–Crippen LogP) is 3.38. The summed E-state index contributed by atoms with van der Waals surface area (Å²) in [6.07, 6.45) is 1.84. The summed E-state index contributed by atoms with van der Waals surface area (Å²) in [7, 11) is 1.67. The Kier molecular flexibility index (Phi) is 4.63. The summed E-state index contributed by atoms with van der Waals surface area (Å²) in [6, 6.07) is 7.95. The molecule has 1 aromatic carbocycles. The number of ether oxygens (including phenoxy) is 1. The minimum Gasteiger partial charge on any atom is -0.497 e. The summed E-state index contributed by atoms with van der Waals surface area (Å²) in [6.45, 7) is 4.86. The van der Waals surface area contributed by atoms with E-state index in [2.05, 4.69) is 15.3 Å². The summed E-state index contributed by atoms with van der Waals surface area (Å²) in [5, 5.41) is 4.09. The van der Waals surface area contributed by atoms with Crippen molar-refractivity contribution in [3.63, 3.8) is 0 Å². The third kappa shape index (κ3) is 3.61. The predicted molar refractivity (Wildman–Crippen MR) is 78.0 cm³/mol. The first-order chi connectivity index (χ1) is 9.22. The fourth-order valence-electron chi connectivity index (χ4n) is 1.53. The maximum atomic E-state index is 5.15. The molecule has 1 heterocycles. The van der Waals surface area contributed by atoms with Crippen molar-refractivity contribution in [3.05, 3.63) is 36.0 Å². The molecule has 1 aromatic heterocycles. The van der Waals surface area contributed by atoms with E-state index in [4.69, 9.17) is 4.74 Å². The average Bonchev–Trinajstić information content (AvgIpc) is 2.44. The molecular weight excluding hydrogens is 258 g/mol. The van der Waals surface area contributed by atoms with Crippen LogP contribution in [0.15, 0.2) is 40.4 Å². The molecule has 19 heavy (non-hydrogen) atoms. The second-order valence-electron chi connectivity index (χ2n) is 3.99. The van der Waals surface area contributed by atoms with Crippen LogP contribution in [0.1, 0.15) is 12.5 Å². The van der Waals surface area contributed by atoms with Crippen LogP contribution in [-0.2, 0) is 0 Å². The Morgan fingerprint density at radius 3 is 2.63 bits per heavy atom. The molecule has 4 nitrogen and oxygen atoms in total. The molecule has 0 unspecified atom stereocenters. The van der Waals surface area contributed by atoms with Crippen molar-refractivity contribution in [2.75, 3.05) is 19.0 Å². The van der Waals surface area contributed by atoms with E-state index < -0.39 is 0 Å². The first kappa shape index (κ1) is 13.7. The topological polar surface area (TPSA) is 47.0 Å². The fraction of sp³-hybridized carbons (Fsp3) is 0.286. The van der Waals surface area contributed by atoms with E-state index in [-0.39, 0.29) is 0 Å². The molecule has 0 spiro atoms. The number of aryl methyl sites for hydroxylation is 1. The van der Waals surface area contributed by atoms with Gasteiger partial charge in [0.2, 0.25) is 5.95 Å². The second kappa shape index (κ2) is 6.43. The van der Waals surface area contributed by atoms with E-state index in [1.807, 2.05) is 44.3 Å². The Hall–Kier alpha value is -1.75. The highest BCUT2D eigenvalue weighted by Crippen LogP contribution is 2.30. The molecule has 0 bridgehead atoms. The van der Waals surface area contributed by atoms with Gasteiger partial charge in [-0.05, 0) is 38.1 Å². The van der Waals surface area contributed by atoms with Crippen LogP contribution in [-0.4, -0.2) is 23.6 Å². The summed E-state index contributed by atoms with van der Waals surface area (Å²) >= 11 is 1.63. The van der Waals surface area contributed by atoms with Crippen LogP contribution in [0.5, 0.6) is 5.75 Å². The zero-order chi connectivity index (χ0) is 13.7. The van der Waals surface area contributed by atoms with E-state index in [9.17, 15) is 0 Å². The second-order valence-corrected chi connectivity index (χ2v) is 5.05. The lowest BCUT2D eigenvalue weighted by Crippen LogP contribution is -2.03. The van der Waals surface area contributed by atoms with Gasteiger partial charge in [-0.3, -0.25) is 0 Å². The highest BCUT2D eigenvalue weighted by atomic mass is 32.2. The monoisotopic (exact) mass is 275 g/mol. The fourth-order valence-corrected chi connectivity index (χ4v) is 2.37. The van der Waals surface area contributed by atoms with Gasteiger partial charge in [-0.15, -0.1) is 0 Å². The van der Waals surface area contributed by atoms with Gasteiger partial charge in [0.25, 0.3) is 0 Å². The largest absolute Gasteiger partial charge is 0.497 e. The van der Waals surface area contributed by atoms with Crippen LogP contribution < -0.4 is 10.1 Å². The molecule has 0 radical (unpaired) electrons. The van der Waals surface area contributed by atoms with Crippen molar-refractivity contribution in [1.29, 1.82) is 0 Å². The number of hydrogen-bond acceptors (Lipinski definition) is 5. The lowest BCUT2D eigenvalue weighted by Gasteiger charge is -2.08. The Bertz CT molecular complexity index is 543. The Morgan fingerprint density at radius 1 is 1.26 bits per heavy atom. The van der Waals surface area contributed by atoms with Crippen LogP contribution >= 0.6 is 11.8 Å². The van der Waals surface area contributed by atoms with E-state index in [1.165, 1.54) is 0 Å². The van der Waals surface area contributed by atoms with Crippen molar-refractivity contribution < 1.29 is 4.74 Å². The van der Waals surface area contributed by atoms with Gasteiger partial charge in [-0.1, -0.05) is 11.8 Å². The van der Waals surface area contributed by atoms with Gasteiger partial charge in [0.1, 0.15) is 10.8 Å². The van der Waals surface area contributed by atoms with Crippen LogP contribution in [0.4, 0.5) is 5.95 Å².